The number of benzene rings is 1. The molecule has 0 spiro atoms. The topological polar surface area (TPSA) is 38.3 Å². The third kappa shape index (κ3) is 4.35. The molecule has 1 aromatic rings. The molecule has 19 heavy (non-hydrogen) atoms. The number of unbranched alkanes of at least 4 members (excludes halogenated alkanes) is 1. The first-order valence-electron chi connectivity index (χ1n) is 7.26. The zero-order chi connectivity index (χ0) is 13.5. The highest BCUT2D eigenvalue weighted by atomic mass is 16.5. The number of carbonyl (C=O) groups is 1. The summed E-state index contributed by atoms with van der Waals surface area (Å²) in [6.45, 7) is 4.41. The number of nitrogens with one attached hydrogen (secondary N) is 1. The molecule has 0 atom stereocenters. The molecule has 1 aliphatic rings. The number of hydrogen-bond acceptors (Lipinski definition) is 3. The predicted octanol–water partition coefficient (Wildman–Crippen LogP) is 2.61. The van der Waals surface area contributed by atoms with Gasteiger partial charge in [-0.25, -0.2) is 0 Å². The lowest BCUT2D eigenvalue weighted by atomic mass is 9.96. The van der Waals surface area contributed by atoms with E-state index in [1.54, 1.807) is 0 Å². The summed E-state index contributed by atoms with van der Waals surface area (Å²) < 4.78 is 4.92. The van der Waals surface area contributed by atoms with E-state index < -0.39 is 0 Å². The Kier molecular flexibility index (Phi) is 5.40. The predicted molar refractivity (Wildman–Crippen MR) is 76.0 cm³/mol. The first-order chi connectivity index (χ1) is 9.29. The molecule has 0 bridgehead atoms. The van der Waals surface area contributed by atoms with Crippen LogP contribution in [0, 0.1) is 0 Å². The molecule has 1 N–H and O–H groups in total. The Balaban J connectivity index is 1.75. The van der Waals surface area contributed by atoms with Gasteiger partial charge in [-0.3, -0.25) is 4.79 Å². The minimum Gasteiger partial charge on any atom is -0.466 e. The molecule has 1 aromatic carbocycles. The van der Waals surface area contributed by atoms with Crippen LogP contribution < -0.4 is 5.32 Å². The SMILES string of the molecule is CCOC(=O)CCCCc1ccc2c(c1)CCNC2. The van der Waals surface area contributed by atoms with E-state index in [0.717, 1.165) is 38.8 Å². The maximum atomic E-state index is 11.2. The van der Waals surface area contributed by atoms with Gasteiger partial charge < -0.3 is 10.1 Å². The van der Waals surface area contributed by atoms with E-state index in [1.807, 2.05) is 6.92 Å². The summed E-state index contributed by atoms with van der Waals surface area (Å²) in [6, 6.07) is 6.79. The van der Waals surface area contributed by atoms with Crippen molar-refractivity contribution >= 4 is 5.97 Å². The van der Waals surface area contributed by atoms with Crippen LogP contribution in [0.4, 0.5) is 0 Å². The summed E-state index contributed by atoms with van der Waals surface area (Å²) in [6.07, 6.45) is 4.70. The summed E-state index contributed by atoms with van der Waals surface area (Å²) in [7, 11) is 0. The number of hydrogen-bond donors (Lipinski definition) is 1. The Bertz CT molecular complexity index is 429. The van der Waals surface area contributed by atoms with Gasteiger partial charge in [-0.2, -0.15) is 0 Å². The van der Waals surface area contributed by atoms with E-state index in [2.05, 4.69) is 23.5 Å². The van der Waals surface area contributed by atoms with Crippen LogP contribution in [-0.4, -0.2) is 19.1 Å². The Morgan fingerprint density at radius 3 is 3.05 bits per heavy atom. The fourth-order valence-electron chi connectivity index (χ4n) is 2.52. The lowest BCUT2D eigenvalue weighted by molar-refractivity contribution is -0.143. The molecule has 0 fully saturated rings. The van der Waals surface area contributed by atoms with Crippen molar-refractivity contribution in [3.63, 3.8) is 0 Å². The van der Waals surface area contributed by atoms with E-state index in [4.69, 9.17) is 4.74 Å². The minimum absolute atomic E-state index is 0.0704. The molecule has 104 valence electrons. The average Bonchev–Trinajstić information content (AvgIpc) is 2.44. The Morgan fingerprint density at radius 2 is 2.21 bits per heavy atom. The summed E-state index contributed by atoms with van der Waals surface area (Å²) in [5.74, 6) is -0.0704. The second kappa shape index (κ2) is 7.29. The smallest absolute Gasteiger partial charge is 0.305 e. The summed E-state index contributed by atoms with van der Waals surface area (Å²) in [5, 5.41) is 3.39. The van der Waals surface area contributed by atoms with Crippen molar-refractivity contribution in [3.8, 4) is 0 Å². The van der Waals surface area contributed by atoms with Crippen molar-refractivity contribution in [1.29, 1.82) is 0 Å². The maximum absolute atomic E-state index is 11.2. The molecule has 2 rings (SSSR count). The fraction of sp³-hybridized carbons (Fsp3) is 0.562. The number of carbonyl (C=O) groups excluding carboxylic acids is 1. The van der Waals surface area contributed by atoms with Gasteiger partial charge in [0.1, 0.15) is 0 Å². The molecule has 1 heterocycles. The van der Waals surface area contributed by atoms with Crippen LogP contribution in [-0.2, 0) is 28.9 Å². The van der Waals surface area contributed by atoms with Gasteiger partial charge in [0.05, 0.1) is 6.61 Å². The third-order valence-corrected chi connectivity index (χ3v) is 3.56. The van der Waals surface area contributed by atoms with Crippen LogP contribution in [0.1, 0.15) is 42.9 Å². The molecule has 0 radical (unpaired) electrons. The highest BCUT2D eigenvalue weighted by Gasteiger charge is 2.08. The summed E-state index contributed by atoms with van der Waals surface area (Å²) >= 11 is 0. The van der Waals surface area contributed by atoms with Gasteiger partial charge in [0.25, 0.3) is 0 Å². The Hall–Kier alpha value is -1.35. The van der Waals surface area contributed by atoms with Crippen LogP contribution in [0.2, 0.25) is 0 Å². The van der Waals surface area contributed by atoms with E-state index in [-0.39, 0.29) is 5.97 Å². The standard InChI is InChI=1S/C16H23NO2/c1-2-19-16(18)6-4-3-5-13-7-8-15-12-17-10-9-14(15)11-13/h7-8,11,17H,2-6,9-10,12H2,1H3. The second-order valence-electron chi connectivity index (χ2n) is 5.04. The van der Waals surface area contributed by atoms with Gasteiger partial charge >= 0.3 is 5.97 Å². The van der Waals surface area contributed by atoms with Crippen LogP contribution in [0.15, 0.2) is 18.2 Å². The lowest BCUT2D eigenvalue weighted by Gasteiger charge is -2.17. The first-order valence-corrected chi connectivity index (χ1v) is 7.26. The van der Waals surface area contributed by atoms with Crippen molar-refractivity contribution < 1.29 is 9.53 Å². The number of aryl methyl sites for hydroxylation is 1. The highest BCUT2D eigenvalue weighted by Crippen LogP contribution is 2.17. The molecule has 1 aliphatic heterocycles. The largest absolute Gasteiger partial charge is 0.466 e. The summed E-state index contributed by atoms with van der Waals surface area (Å²) in [4.78, 5) is 11.2. The Morgan fingerprint density at radius 1 is 1.32 bits per heavy atom. The number of rotatable bonds is 6. The van der Waals surface area contributed by atoms with Gasteiger partial charge in [-0.05, 0) is 55.8 Å². The molecule has 0 aromatic heterocycles. The van der Waals surface area contributed by atoms with Crippen LogP contribution in [0.25, 0.3) is 0 Å². The quantitative estimate of drug-likeness (QED) is 0.632. The third-order valence-electron chi connectivity index (χ3n) is 3.56. The van der Waals surface area contributed by atoms with Crippen LogP contribution in [0.5, 0.6) is 0 Å². The van der Waals surface area contributed by atoms with E-state index >= 15 is 0 Å². The van der Waals surface area contributed by atoms with Gasteiger partial charge in [-0.15, -0.1) is 0 Å². The van der Waals surface area contributed by atoms with E-state index in [0.29, 0.717) is 13.0 Å². The number of fused-ring (bicyclic) bond motifs is 1. The molecular weight excluding hydrogens is 238 g/mol. The minimum atomic E-state index is -0.0704. The van der Waals surface area contributed by atoms with Gasteiger partial charge in [0, 0.05) is 13.0 Å². The number of ether oxygens (including phenoxy) is 1. The van der Waals surface area contributed by atoms with Crippen molar-refractivity contribution in [2.45, 2.75) is 45.6 Å². The van der Waals surface area contributed by atoms with Crippen molar-refractivity contribution in [3.05, 3.63) is 34.9 Å². The Labute approximate surface area is 115 Å². The molecule has 0 aliphatic carbocycles. The van der Waals surface area contributed by atoms with Crippen molar-refractivity contribution in [1.82, 2.24) is 5.32 Å². The van der Waals surface area contributed by atoms with Crippen molar-refractivity contribution in [2.24, 2.45) is 0 Å². The van der Waals surface area contributed by atoms with Gasteiger partial charge in [0.2, 0.25) is 0 Å². The molecular formula is C16H23NO2. The fourth-order valence-corrected chi connectivity index (χ4v) is 2.52. The second-order valence-corrected chi connectivity index (χ2v) is 5.04. The first kappa shape index (κ1) is 14.1. The summed E-state index contributed by atoms with van der Waals surface area (Å²) in [5.41, 5.74) is 4.31. The van der Waals surface area contributed by atoms with Crippen LogP contribution in [0.3, 0.4) is 0 Å². The zero-order valence-corrected chi connectivity index (χ0v) is 11.7. The molecule has 0 unspecified atom stereocenters. The molecule has 0 amide bonds. The lowest BCUT2D eigenvalue weighted by Crippen LogP contribution is -2.23. The normalized spacial score (nSPS) is 13.9. The van der Waals surface area contributed by atoms with Gasteiger partial charge in [-0.1, -0.05) is 18.2 Å². The molecule has 3 heteroatoms. The monoisotopic (exact) mass is 261 g/mol. The maximum Gasteiger partial charge on any atom is 0.305 e. The average molecular weight is 261 g/mol. The molecule has 0 saturated carbocycles. The van der Waals surface area contributed by atoms with E-state index in [1.165, 1.54) is 16.7 Å². The number of esters is 1. The van der Waals surface area contributed by atoms with E-state index in [9.17, 15) is 4.79 Å². The van der Waals surface area contributed by atoms with Crippen LogP contribution >= 0.6 is 0 Å². The highest BCUT2D eigenvalue weighted by molar-refractivity contribution is 5.69. The van der Waals surface area contributed by atoms with Gasteiger partial charge in [0.15, 0.2) is 0 Å². The van der Waals surface area contributed by atoms with Crippen molar-refractivity contribution in [2.75, 3.05) is 13.2 Å². The molecule has 0 saturated heterocycles. The zero-order valence-electron chi connectivity index (χ0n) is 11.7. The molecule has 3 nitrogen and oxygen atoms in total.